The van der Waals surface area contributed by atoms with Gasteiger partial charge >= 0.3 is 0 Å². The first kappa shape index (κ1) is 9.34. The van der Waals surface area contributed by atoms with Gasteiger partial charge in [0.25, 0.3) is 0 Å². The zero-order valence-electron chi connectivity index (χ0n) is 6.96. The molecule has 2 saturated carbocycles. The van der Waals surface area contributed by atoms with Crippen molar-refractivity contribution in [2.45, 2.75) is 44.6 Å². The summed E-state index contributed by atoms with van der Waals surface area (Å²) in [6.45, 7) is 0. The molecule has 66 valence electrons. The van der Waals surface area contributed by atoms with Crippen LogP contribution in [0.2, 0.25) is 0 Å². The molecule has 2 rings (SSSR count). The molecule has 0 bridgehead atoms. The minimum absolute atomic E-state index is 0. The minimum atomic E-state index is 0. The molecule has 0 heterocycles. The Morgan fingerprint density at radius 3 is 2.09 bits per heavy atom. The third kappa shape index (κ3) is 2.09. The zero-order chi connectivity index (χ0) is 6.97. The summed E-state index contributed by atoms with van der Waals surface area (Å²) >= 11 is 0. The zero-order valence-corrected chi connectivity index (χ0v) is 7.78. The SMILES string of the molecule is Cl.NC1CCCCC1C1CC1. The van der Waals surface area contributed by atoms with E-state index >= 15 is 0 Å². The third-order valence-corrected chi connectivity index (χ3v) is 3.10. The molecule has 0 radical (unpaired) electrons. The quantitative estimate of drug-likeness (QED) is 0.651. The molecule has 2 N–H and O–H groups in total. The van der Waals surface area contributed by atoms with Crippen molar-refractivity contribution < 1.29 is 0 Å². The van der Waals surface area contributed by atoms with Crippen LogP contribution in [0.1, 0.15) is 38.5 Å². The van der Waals surface area contributed by atoms with Crippen molar-refractivity contribution in [3.63, 3.8) is 0 Å². The van der Waals surface area contributed by atoms with Gasteiger partial charge in [0, 0.05) is 6.04 Å². The smallest absolute Gasteiger partial charge is 0.00698 e. The molecule has 0 aliphatic heterocycles. The molecule has 1 nitrogen and oxygen atoms in total. The Bertz CT molecular complexity index is 123. The van der Waals surface area contributed by atoms with Crippen molar-refractivity contribution in [1.82, 2.24) is 0 Å². The minimum Gasteiger partial charge on any atom is -0.327 e. The Balaban J connectivity index is 0.000000605. The van der Waals surface area contributed by atoms with E-state index in [9.17, 15) is 0 Å². The molecule has 2 aliphatic rings. The van der Waals surface area contributed by atoms with Gasteiger partial charge in [-0.25, -0.2) is 0 Å². The predicted octanol–water partition coefficient (Wildman–Crippen LogP) is 2.34. The van der Waals surface area contributed by atoms with Gasteiger partial charge in [-0.15, -0.1) is 12.4 Å². The molecule has 0 aromatic carbocycles. The Kier molecular flexibility index (Phi) is 3.20. The molecular weight excluding hydrogens is 158 g/mol. The lowest BCUT2D eigenvalue weighted by Gasteiger charge is -2.28. The van der Waals surface area contributed by atoms with E-state index < -0.39 is 0 Å². The first-order valence-electron chi connectivity index (χ1n) is 4.63. The van der Waals surface area contributed by atoms with E-state index in [2.05, 4.69) is 0 Å². The molecule has 2 heteroatoms. The summed E-state index contributed by atoms with van der Waals surface area (Å²) in [5.74, 6) is 1.95. The van der Waals surface area contributed by atoms with Crippen LogP contribution < -0.4 is 5.73 Å². The van der Waals surface area contributed by atoms with Gasteiger partial charge in [-0.2, -0.15) is 0 Å². The summed E-state index contributed by atoms with van der Waals surface area (Å²) in [6.07, 6.45) is 8.48. The van der Waals surface area contributed by atoms with Crippen molar-refractivity contribution in [2.24, 2.45) is 17.6 Å². The molecule has 11 heavy (non-hydrogen) atoms. The van der Waals surface area contributed by atoms with Gasteiger partial charge in [0.15, 0.2) is 0 Å². The fraction of sp³-hybridized carbons (Fsp3) is 1.00. The Morgan fingerprint density at radius 1 is 0.909 bits per heavy atom. The second-order valence-electron chi connectivity index (χ2n) is 3.95. The Morgan fingerprint density at radius 2 is 1.55 bits per heavy atom. The van der Waals surface area contributed by atoms with E-state index in [1.54, 1.807) is 0 Å². The summed E-state index contributed by atoms with van der Waals surface area (Å²) in [4.78, 5) is 0. The van der Waals surface area contributed by atoms with Crippen LogP contribution in [0.25, 0.3) is 0 Å². The van der Waals surface area contributed by atoms with Crippen LogP contribution in [0.3, 0.4) is 0 Å². The Hall–Kier alpha value is 0.250. The van der Waals surface area contributed by atoms with Crippen LogP contribution in [0.15, 0.2) is 0 Å². The highest BCUT2D eigenvalue weighted by atomic mass is 35.5. The molecule has 2 fully saturated rings. The van der Waals surface area contributed by atoms with Gasteiger partial charge in [-0.05, 0) is 37.5 Å². The van der Waals surface area contributed by atoms with E-state index in [1.165, 1.54) is 38.5 Å². The molecule has 0 aromatic heterocycles. The summed E-state index contributed by atoms with van der Waals surface area (Å²) in [5.41, 5.74) is 6.02. The van der Waals surface area contributed by atoms with Gasteiger partial charge in [-0.3, -0.25) is 0 Å². The first-order chi connectivity index (χ1) is 4.88. The van der Waals surface area contributed by atoms with E-state index in [0.29, 0.717) is 6.04 Å². The highest BCUT2D eigenvalue weighted by Crippen LogP contribution is 2.43. The summed E-state index contributed by atoms with van der Waals surface area (Å²) < 4.78 is 0. The van der Waals surface area contributed by atoms with E-state index in [-0.39, 0.29) is 12.4 Å². The summed E-state index contributed by atoms with van der Waals surface area (Å²) in [5, 5.41) is 0. The lowest BCUT2D eigenvalue weighted by molar-refractivity contribution is 0.277. The average Bonchev–Trinajstić information content (AvgIpc) is 2.71. The van der Waals surface area contributed by atoms with Crippen LogP contribution in [0.5, 0.6) is 0 Å². The first-order valence-corrected chi connectivity index (χ1v) is 4.63. The van der Waals surface area contributed by atoms with Gasteiger partial charge in [-0.1, -0.05) is 12.8 Å². The van der Waals surface area contributed by atoms with Crippen molar-refractivity contribution in [3.8, 4) is 0 Å². The number of halogens is 1. The molecule has 2 atom stereocenters. The van der Waals surface area contributed by atoms with Crippen molar-refractivity contribution in [1.29, 1.82) is 0 Å². The fourth-order valence-electron chi connectivity index (χ4n) is 2.30. The average molecular weight is 176 g/mol. The van der Waals surface area contributed by atoms with E-state index in [4.69, 9.17) is 5.73 Å². The van der Waals surface area contributed by atoms with Gasteiger partial charge < -0.3 is 5.73 Å². The number of hydrogen-bond acceptors (Lipinski definition) is 1. The summed E-state index contributed by atoms with van der Waals surface area (Å²) in [6, 6.07) is 0.557. The molecule has 0 saturated heterocycles. The van der Waals surface area contributed by atoms with E-state index in [0.717, 1.165) is 11.8 Å². The molecule has 2 unspecified atom stereocenters. The van der Waals surface area contributed by atoms with Gasteiger partial charge in [0.05, 0.1) is 0 Å². The normalized spacial score (nSPS) is 37.9. The van der Waals surface area contributed by atoms with Gasteiger partial charge in [0.1, 0.15) is 0 Å². The van der Waals surface area contributed by atoms with Crippen LogP contribution in [-0.2, 0) is 0 Å². The maximum Gasteiger partial charge on any atom is 0.00698 e. The maximum absolute atomic E-state index is 6.02. The Labute approximate surface area is 75.1 Å². The monoisotopic (exact) mass is 175 g/mol. The molecular formula is C9H18ClN. The van der Waals surface area contributed by atoms with Crippen molar-refractivity contribution in [3.05, 3.63) is 0 Å². The largest absolute Gasteiger partial charge is 0.327 e. The van der Waals surface area contributed by atoms with Crippen molar-refractivity contribution >= 4 is 12.4 Å². The number of rotatable bonds is 1. The maximum atomic E-state index is 6.02. The fourth-order valence-corrected chi connectivity index (χ4v) is 2.30. The lowest BCUT2D eigenvalue weighted by Crippen LogP contribution is -2.34. The lowest BCUT2D eigenvalue weighted by atomic mass is 9.82. The molecule has 0 spiro atoms. The van der Waals surface area contributed by atoms with E-state index in [1.807, 2.05) is 0 Å². The van der Waals surface area contributed by atoms with Gasteiger partial charge in [0.2, 0.25) is 0 Å². The van der Waals surface area contributed by atoms with Crippen LogP contribution in [0.4, 0.5) is 0 Å². The second kappa shape index (κ2) is 3.77. The third-order valence-electron chi connectivity index (χ3n) is 3.10. The van der Waals surface area contributed by atoms with Crippen molar-refractivity contribution in [2.75, 3.05) is 0 Å². The van der Waals surface area contributed by atoms with Crippen LogP contribution in [0, 0.1) is 11.8 Å². The number of nitrogens with two attached hydrogens (primary N) is 1. The number of hydrogen-bond donors (Lipinski definition) is 1. The molecule has 0 amide bonds. The highest BCUT2D eigenvalue weighted by molar-refractivity contribution is 5.85. The van der Waals surface area contributed by atoms with Crippen LogP contribution in [-0.4, -0.2) is 6.04 Å². The highest BCUT2D eigenvalue weighted by Gasteiger charge is 2.35. The van der Waals surface area contributed by atoms with Crippen LogP contribution >= 0.6 is 12.4 Å². The second-order valence-corrected chi connectivity index (χ2v) is 3.95. The standard InChI is InChI=1S/C9H17N.ClH/c10-9-4-2-1-3-8(9)7-5-6-7;/h7-9H,1-6,10H2;1H. The topological polar surface area (TPSA) is 26.0 Å². The summed E-state index contributed by atoms with van der Waals surface area (Å²) in [7, 11) is 0. The molecule has 0 aromatic rings. The molecule has 2 aliphatic carbocycles. The predicted molar refractivity (Wildman–Crippen MR) is 49.9 cm³/mol.